The number of anilines is 1. The molecule has 6 heteroatoms. The molecule has 2 N–H and O–H groups in total. The van der Waals surface area contributed by atoms with Crippen LogP contribution in [-0.2, 0) is 0 Å². The Bertz CT molecular complexity index is 457. The van der Waals surface area contributed by atoms with Crippen molar-refractivity contribution in [1.82, 2.24) is 0 Å². The topological polar surface area (TPSA) is 63.0 Å². The molecular formula is C12H17ClN3O2+. The number of hydrogen-bond donors (Lipinski definition) is 1. The lowest BCUT2D eigenvalue weighted by atomic mass is 10.1. The van der Waals surface area contributed by atoms with Gasteiger partial charge in [0.2, 0.25) is 0 Å². The van der Waals surface area contributed by atoms with Gasteiger partial charge in [-0.2, -0.15) is 0 Å². The SMILES string of the molecule is CC1CN(c2cc([N+](=O)[O-])ccc2Cl)CC(C)[NH2+]1. The highest BCUT2D eigenvalue weighted by atomic mass is 35.5. The van der Waals surface area contributed by atoms with E-state index < -0.39 is 0 Å². The number of nitro benzene ring substituents is 1. The Balaban J connectivity index is 2.31. The molecule has 0 aliphatic carbocycles. The average molecular weight is 271 g/mol. The molecule has 0 radical (unpaired) electrons. The molecule has 2 atom stereocenters. The van der Waals surface area contributed by atoms with Crippen LogP contribution in [-0.4, -0.2) is 30.1 Å². The molecule has 1 aliphatic rings. The summed E-state index contributed by atoms with van der Waals surface area (Å²) in [6.07, 6.45) is 0. The number of nitrogens with zero attached hydrogens (tertiary/aromatic N) is 2. The van der Waals surface area contributed by atoms with Crippen molar-refractivity contribution in [1.29, 1.82) is 0 Å². The lowest BCUT2D eigenvalue weighted by molar-refractivity contribution is -0.716. The number of piperazine rings is 1. The third-order valence-electron chi connectivity index (χ3n) is 3.16. The number of benzene rings is 1. The minimum atomic E-state index is -0.386. The molecule has 1 saturated heterocycles. The molecule has 0 bridgehead atoms. The van der Waals surface area contributed by atoms with Crippen LogP contribution in [0.4, 0.5) is 11.4 Å². The fourth-order valence-corrected chi connectivity index (χ4v) is 2.74. The van der Waals surface area contributed by atoms with E-state index in [4.69, 9.17) is 11.6 Å². The van der Waals surface area contributed by atoms with Crippen LogP contribution in [0.1, 0.15) is 13.8 Å². The van der Waals surface area contributed by atoms with Crippen LogP contribution in [0.3, 0.4) is 0 Å². The number of quaternary nitrogens is 1. The van der Waals surface area contributed by atoms with E-state index >= 15 is 0 Å². The van der Waals surface area contributed by atoms with Crippen LogP contribution in [0.15, 0.2) is 18.2 Å². The molecule has 1 aromatic carbocycles. The quantitative estimate of drug-likeness (QED) is 0.653. The molecular weight excluding hydrogens is 254 g/mol. The Morgan fingerprint density at radius 2 is 2.00 bits per heavy atom. The van der Waals surface area contributed by atoms with Crippen molar-refractivity contribution >= 4 is 23.0 Å². The number of rotatable bonds is 2. The number of hydrogen-bond acceptors (Lipinski definition) is 3. The van der Waals surface area contributed by atoms with Crippen LogP contribution in [0.5, 0.6) is 0 Å². The van der Waals surface area contributed by atoms with Crippen LogP contribution in [0.2, 0.25) is 5.02 Å². The Morgan fingerprint density at radius 1 is 1.39 bits per heavy atom. The summed E-state index contributed by atoms with van der Waals surface area (Å²) in [6.45, 7) is 6.00. The summed E-state index contributed by atoms with van der Waals surface area (Å²) in [4.78, 5) is 12.6. The van der Waals surface area contributed by atoms with Gasteiger partial charge in [-0.1, -0.05) is 11.6 Å². The van der Waals surface area contributed by atoms with Gasteiger partial charge in [-0.25, -0.2) is 0 Å². The second-order valence-corrected chi connectivity index (χ2v) is 5.35. The van der Waals surface area contributed by atoms with E-state index in [2.05, 4.69) is 24.1 Å². The monoisotopic (exact) mass is 270 g/mol. The van der Waals surface area contributed by atoms with Crippen molar-refractivity contribution in [3.63, 3.8) is 0 Å². The summed E-state index contributed by atoms with van der Waals surface area (Å²) < 4.78 is 0. The lowest BCUT2D eigenvalue weighted by Gasteiger charge is -2.35. The predicted octanol–water partition coefficient (Wildman–Crippen LogP) is 1.41. The first-order valence-electron chi connectivity index (χ1n) is 6.01. The lowest BCUT2D eigenvalue weighted by Crippen LogP contribution is -2.99. The molecule has 2 unspecified atom stereocenters. The van der Waals surface area contributed by atoms with Crippen molar-refractivity contribution in [2.24, 2.45) is 0 Å². The van der Waals surface area contributed by atoms with E-state index in [1.54, 1.807) is 12.1 Å². The van der Waals surface area contributed by atoms with Crippen molar-refractivity contribution in [3.8, 4) is 0 Å². The Kier molecular flexibility index (Phi) is 3.73. The minimum Gasteiger partial charge on any atom is -0.358 e. The smallest absolute Gasteiger partial charge is 0.271 e. The van der Waals surface area contributed by atoms with Gasteiger partial charge in [0, 0.05) is 12.1 Å². The second-order valence-electron chi connectivity index (χ2n) is 4.94. The van der Waals surface area contributed by atoms with Crippen molar-refractivity contribution in [2.75, 3.05) is 18.0 Å². The number of nitro groups is 1. The van der Waals surface area contributed by atoms with E-state index in [9.17, 15) is 10.1 Å². The van der Waals surface area contributed by atoms with Crippen molar-refractivity contribution in [2.45, 2.75) is 25.9 Å². The van der Waals surface area contributed by atoms with Gasteiger partial charge in [-0.05, 0) is 19.9 Å². The Labute approximate surface area is 111 Å². The average Bonchev–Trinajstić information content (AvgIpc) is 2.27. The van der Waals surface area contributed by atoms with E-state index in [0.29, 0.717) is 17.1 Å². The summed E-state index contributed by atoms with van der Waals surface area (Å²) >= 11 is 6.16. The van der Waals surface area contributed by atoms with Crippen LogP contribution < -0.4 is 10.2 Å². The van der Waals surface area contributed by atoms with Gasteiger partial charge >= 0.3 is 0 Å². The van der Waals surface area contributed by atoms with Gasteiger partial charge in [0.15, 0.2) is 0 Å². The molecule has 2 rings (SSSR count). The molecule has 0 spiro atoms. The zero-order chi connectivity index (χ0) is 13.3. The predicted molar refractivity (Wildman–Crippen MR) is 71.2 cm³/mol. The maximum atomic E-state index is 10.8. The van der Waals surface area contributed by atoms with Gasteiger partial charge in [-0.3, -0.25) is 10.1 Å². The molecule has 98 valence electrons. The molecule has 1 aliphatic heterocycles. The highest BCUT2D eigenvalue weighted by Gasteiger charge is 2.26. The molecule has 1 heterocycles. The molecule has 0 aromatic heterocycles. The first-order chi connectivity index (χ1) is 8.47. The van der Waals surface area contributed by atoms with Crippen LogP contribution in [0, 0.1) is 10.1 Å². The molecule has 0 saturated carbocycles. The summed E-state index contributed by atoms with van der Waals surface area (Å²) in [7, 11) is 0. The van der Waals surface area contributed by atoms with Gasteiger partial charge in [0.25, 0.3) is 5.69 Å². The van der Waals surface area contributed by atoms with Crippen molar-refractivity contribution in [3.05, 3.63) is 33.3 Å². The summed E-state index contributed by atoms with van der Waals surface area (Å²) in [6, 6.07) is 5.53. The maximum Gasteiger partial charge on any atom is 0.271 e. The Morgan fingerprint density at radius 3 is 2.56 bits per heavy atom. The van der Waals surface area contributed by atoms with Crippen LogP contribution in [0.25, 0.3) is 0 Å². The second kappa shape index (κ2) is 5.12. The fourth-order valence-electron chi connectivity index (χ4n) is 2.51. The zero-order valence-corrected chi connectivity index (χ0v) is 11.2. The van der Waals surface area contributed by atoms with Gasteiger partial charge in [-0.15, -0.1) is 0 Å². The van der Waals surface area contributed by atoms with E-state index in [1.807, 2.05) is 0 Å². The summed E-state index contributed by atoms with van der Waals surface area (Å²) in [5.41, 5.74) is 0.849. The maximum absolute atomic E-state index is 10.8. The molecule has 0 amide bonds. The van der Waals surface area contributed by atoms with Gasteiger partial charge in [0.1, 0.15) is 12.1 Å². The van der Waals surface area contributed by atoms with E-state index in [1.165, 1.54) is 6.07 Å². The van der Waals surface area contributed by atoms with Gasteiger partial charge < -0.3 is 10.2 Å². The fraction of sp³-hybridized carbons (Fsp3) is 0.500. The number of halogens is 1. The van der Waals surface area contributed by atoms with Crippen molar-refractivity contribution < 1.29 is 10.2 Å². The molecule has 5 nitrogen and oxygen atoms in total. The molecule has 1 fully saturated rings. The third kappa shape index (κ3) is 2.73. The highest BCUT2D eigenvalue weighted by Crippen LogP contribution is 2.30. The third-order valence-corrected chi connectivity index (χ3v) is 3.47. The first-order valence-corrected chi connectivity index (χ1v) is 6.39. The number of non-ortho nitro benzene ring substituents is 1. The molecule has 1 aromatic rings. The van der Waals surface area contributed by atoms with Gasteiger partial charge in [0.05, 0.1) is 28.7 Å². The molecule has 18 heavy (non-hydrogen) atoms. The standard InChI is InChI=1S/C12H16ClN3O2/c1-8-6-15(7-9(2)14-8)12-5-10(16(17)18)3-4-11(12)13/h3-5,8-9,14H,6-7H2,1-2H3/p+1. The minimum absolute atomic E-state index is 0.0873. The van der Waals surface area contributed by atoms with E-state index in [0.717, 1.165) is 18.8 Å². The highest BCUT2D eigenvalue weighted by molar-refractivity contribution is 6.33. The Hall–Kier alpha value is -1.33. The first kappa shape index (κ1) is 13.1. The van der Waals surface area contributed by atoms with E-state index in [-0.39, 0.29) is 10.6 Å². The normalized spacial score (nSPS) is 24.1. The number of nitrogens with two attached hydrogens (primary N) is 1. The zero-order valence-electron chi connectivity index (χ0n) is 10.5. The van der Waals surface area contributed by atoms with Crippen LogP contribution >= 0.6 is 11.6 Å². The summed E-state index contributed by atoms with van der Waals surface area (Å²) in [5, 5.41) is 13.7. The largest absolute Gasteiger partial charge is 0.358 e. The summed E-state index contributed by atoms with van der Waals surface area (Å²) in [5.74, 6) is 0.